The molecule has 3 saturated heterocycles. The SMILES string of the molecule is COc1cc([C@@H]2c3cc4c(cc3[C@@H](O[C@@H]3O[C@@H]5CO[C@@H](C)O[C@H]5C(O)C3O)[C@H]3COC(=O)[C@H]23)OCO4)cc(OC)c1OC(=O)OCCSSCCOC(=O)OC1CC[C@@]2(C)C(=CC[C@H]3[C@@H]4CC[C@H]([C@H](C)CCCC(C)C)[C@@]4(C)CC[C@@H]32)C1. The lowest BCUT2D eigenvalue weighted by Crippen LogP contribution is -2.63. The summed E-state index contributed by atoms with van der Waals surface area (Å²) in [4.78, 5) is 40.0. The molecule has 6 fully saturated rings. The van der Waals surface area contributed by atoms with E-state index in [2.05, 4.69) is 40.7 Å². The summed E-state index contributed by atoms with van der Waals surface area (Å²) in [6.07, 6.45) is 6.90. The number of hydrogen-bond donors (Lipinski definition) is 2. The summed E-state index contributed by atoms with van der Waals surface area (Å²) in [5.41, 5.74) is 3.95. The van der Waals surface area contributed by atoms with E-state index in [-0.39, 0.29) is 62.0 Å². The lowest BCUT2D eigenvalue weighted by molar-refractivity contribution is -0.364. The second-order valence-electron chi connectivity index (χ2n) is 25.2. The van der Waals surface area contributed by atoms with Crippen LogP contribution in [0.25, 0.3) is 0 Å². The predicted octanol–water partition coefficient (Wildman–Crippen LogP) is 11.1. The summed E-state index contributed by atoms with van der Waals surface area (Å²) < 4.78 is 75.7. The summed E-state index contributed by atoms with van der Waals surface area (Å²) in [5, 5.41) is 22.5. The molecule has 4 heterocycles. The Morgan fingerprint density at radius 1 is 0.805 bits per heavy atom. The van der Waals surface area contributed by atoms with Crippen LogP contribution in [0.3, 0.4) is 0 Å². The van der Waals surface area contributed by atoms with E-state index in [0.717, 1.165) is 55.3 Å². The highest BCUT2D eigenvalue weighted by atomic mass is 33.1. The van der Waals surface area contributed by atoms with Gasteiger partial charge < -0.3 is 71.8 Å². The first-order chi connectivity index (χ1) is 39.5. The van der Waals surface area contributed by atoms with E-state index in [1.165, 1.54) is 86.3 Å². The van der Waals surface area contributed by atoms with Crippen molar-refractivity contribution in [1.29, 1.82) is 0 Å². The number of carbonyl (C=O) groups is 3. The maximum Gasteiger partial charge on any atom is 0.514 e. The van der Waals surface area contributed by atoms with Crippen LogP contribution < -0.4 is 23.7 Å². The fourth-order valence-corrected chi connectivity index (χ4v) is 17.9. The fourth-order valence-electron chi connectivity index (χ4n) is 16.3. The van der Waals surface area contributed by atoms with Crippen molar-refractivity contribution in [3.05, 3.63) is 52.6 Å². The van der Waals surface area contributed by atoms with Crippen LogP contribution in [-0.4, -0.2) is 131 Å². The molecule has 82 heavy (non-hydrogen) atoms. The number of methoxy groups -OCH3 is 2. The third-order valence-corrected chi connectivity index (χ3v) is 22.6. The minimum atomic E-state index is -1.49. The first-order valence-corrected chi connectivity index (χ1v) is 32.4. The number of fused-ring (bicyclic) bond motifs is 9. The number of allylic oxidation sites excluding steroid dienone is 1. The Morgan fingerprint density at radius 3 is 2.24 bits per heavy atom. The number of aliphatic hydroxyl groups excluding tert-OH is 2. The predicted molar refractivity (Wildman–Crippen MR) is 303 cm³/mol. The average Bonchev–Trinajstić information content (AvgIpc) is 2.08. The molecule has 11 rings (SSSR count). The molecule has 0 aromatic heterocycles. The third-order valence-electron chi connectivity index (χ3n) is 20.3. The Kier molecular flexibility index (Phi) is 18.2. The summed E-state index contributed by atoms with van der Waals surface area (Å²) in [5.74, 6) is 4.22. The molecular formula is C62H84O18S2. The van der Waals surface area contributed by atoms with E-state index < -0.39 is 79.1 Å². The van der Waals surface area contributed by atoms with Crippen molar-refractivity contribution in [2.75, 3.05) is 58.9 Å². The quantitative estimate of drug-likeness (QED) is 0.0334. The average molecular weight is 1180 g/mol. The molecule has 0 spiro atoms. The van der Waals surface area contributed by atoms with Gasteiger partial charge in [0.05, 0.1) is 39.5 Å². The van der Waals surface area contributed by atoms with Gasteiger partial charge in [-0.3, -0.25) is 4.79 Å². The number of benzene rings is 2. The first kappa shape index (κ1) is 59.6. The summed E-state index contributed by atoms with van der Waals surface area (Å²) in [6.45, 7) is 14.4. The number of aliphatic hydroxyl groups is 2. The van der Waals surface area contributed by atoms with Gasteiger partial charge in [-0.25, -0.2) is 9.59 Å². The van der Waals surface area contributed by atoms with E-state index in [0.29, 0.717) is 51.0 Å². The molecule has 2 aromatic carbocycles. The topological polar surface area (TPSA) is 212 Å². The number of esters is 1. The van der Waals surface area contributed by atoms with Crippen LogP contribution in [0, 0.1) is 58.2 Å². The summed E-state index contributed by atoms with van der Waals surface area (Å²) in [7, 11) is 5.81. The van der Waals surface area contributed by atoms with Gasteiger partial charge in [-0.15, -0.1) is 0 Å². The van der Waals surface area contributed by atoms with Crippen LogP contribution in [-0.2, 0) is 42.7 Å². The van der Waals surface area contributed by atoms with Gasteiger partial charge in [-0.2, -0.15) is 0 Å². The highest BCUT2D eigenvalue weighted by molar-refractivity contribution is 8.76. The van der Waals surface area contributed by atoms with Crippen LogP contribution in [0.15, 0.2) is 35.9 Å². The van der Waals surface area contributed by atoms with Crippen LogP contribution >= 0.6 is 21.6 Å². The van der Waals surface area contributed by atoms with Crippen molar-refractivity contribution in [2.45, 2.75) is 167 Å². The third kappa shape index (κ3) is 11.7. The van der Waals surface area contributed by atoms with E-state index in [4.69, 9.17) is 61.6 Å². The van der Waals surface area contributed by atoms with E-state index in [1.54, 1.807) is 31.2 Å². The highest BCUT2D eigenvalue weighted by Gasteiger charge is 2.60. The van der Waals surface area contributed by atoms with Gasteiger partial charge in [-0.1, -0.05) is 87.1 Å². The van der Waals surface area contributed by atoms with Crippen LogP contribution in [0.1, 0.15) is 141 Å². The second-order valence-corrected chi connectivity index (χ2v) is 27.9. The van der Waals surface area contributed by atoms with Crippen molar-refractivity contribution in [3.8, 4) is 28.7 Å². The zero-order valence-electron chi connectivity index (χ0n) is 48.7. The number of cyclic esters (lactones) is 1. The minimum absolute atomic E-state index is 0.0152. The van der Waals surface area contributed by atoms with Crippen molar-refractivity contribution in [1.82, 2.24) is 0 Å². The molecule has 3 unspecified atom stereocenters. The fraction of sp³-hybridized carbons (Fsp3) is 0.726. The Labute approximate surface area is 489 Å². The van der Waals surface area contributed by atoms with Gasteiger partial charge in [-0.05, 0) is 139 Å². The maximum atomic E-state index is 13.9. The first-order valence-electron chi connectivity index (χ1n) is 29.9. The Hall–Kier alpha value is -4.15. The molecule has 0 radical (unpaired) electrons. The molecule has 452 valence electrons. The molecule has 2 N–H and O–H groups in total. The van der Waals surface area contributed by atoms with Crippen molar-refractivity contribution in [3.63, 3.8) is 0 Å². The Balaban J connectivity index is 0.646. The van der Waals surface area contributed by atoms with Crippen molar-refractivity contribution in [2.24, 2.45) is 58.2 Å². The van der Waals surface area contributed by atoms with Gasteiger partial charge in [0.15, 0.2) is 35.6 Å². The molecule has 0 bridgehead atoms. The van der Waals surface area contributed by atoms with Gasteiger partial charge in [0.2, 0.25) is 12.5 Å². The molecule has 3 saturated carbocycles. The van der Waals surface area contributed by atoms with Crippen LogP contribution in [0.4, 0.5) is 9.59 Å². The highest BCUT2D eigenvalue weighted by Crippen LogP contribution is 2.68. The standard InChI is InChI=1S/C62H84O18S2/c1-32(2)10-9-11-33(3)42-14-15-43-38-13-12-36-26-37(16-18-61(36,5)44(38)17-19-62(42,43)6)77-59(66)70-20-22-81-82-23-21-71-60(67)80-55-47(68-7)24-35(25-48(55)69-8)50-39-27-45-46(75-31-74-45)28-40(39)54(41-29-73-57(65)51(41)50)79-58-53(64)52(63)56-49(78-58)30-72-34(4)76-56/h12,24-25,27-28,32-34,37-38,41-44,49-54,56,58,63-64H,9-11,13-23,26,29-31H2,1-8H3/t33-,34-,37?,38+,41+,42-,43+,44+,49-,50-,51+,52?,53?,54-,56-,58+,61+,62-/m1/s1. The molecule has 9 aliphatic rings. The zero-order valence-corrected chi connectivity index (χ0v) is 50.3. The van der Waals surface area contributed by atoms with E-state index >= 15 is 0 Å². The number of carbonyl (C=O) groups excluding carboxylic acids is 3. The van der Waals surface area contributed by atoms with Crippen molar-refractivity contribution < 1.29 is 86.2 Å². The van der Waals surface area contributed by atoms with Gasteiger partial charge in [0.25, 0.3) is 0 Å². The maximum absolute atomic E-state index is 13.9. The number of hydrogen-bond acceptors (Lipinski definition) is 20. The molecule has 4 aliphatic heterocycles. The number of rotatable bonds is 19. The molecule has 20 heteroatoms. The molecule has 18 nitrogen and oxygen atoms in total. The molecule has 0 amide bonds. The summed E-state index contributed by atoms with van der Waals surface area (Å²) in [6, 6.07) is 6.92. The van der Waals surface area contributed by atoms with Gasteiger partial charge in [0, 0.05) is 29.8 Å². The van der Waals surface area contributed by atoms with Crippen molar-refractivity contribution >= 4 is 39.9 Å². The second kappa shape index (κ2) is 25.1. The van der Waals surface area contributed by atoms with E-state index in [1.807, 2.05) is 0 Å². The normalized spacial score (nSPS) is 36.3. The molecular weight excluding hydrogens is 1100 g/mol. The van der Waals surface area contributed by atoms with Gasteiger partial charge >= 0.3 is 18.3 Å². The smallest absolute Gasteiger partial charge is 0.493 e. The zero-order chi connectivity index (χ0) is 57.6. The Bertz CT molecular complexity index is 2640. The van der Waals surface area contributed by atoms with Crippen LogP contribution in [0.5, 0.6) is 28.7 Å². The molecule has 18 atom stereocenters. The minimum Gasteiger partial charge on any atom is -0.493 e. The lowest BCUT2D eigenvalue weighted by Gasteiger charge is -2.58. The molecule has 2 aromatic rings. The monoisotopic (exact) mass is 1180 g/mol. The lowest BCUT2D eigenvalue weighted by atomic mass is 9.47. The molecule has 5 aliphatic carbocycles. The largest absolute Gasteiger partial charge is 0.514 e. The Morgan fingerprint density at radius 2 is 1.52 bits per heavy atom. The summed E-state index contributed by atoms with van der Waals surface area (Å²) >= 11 is 0. The van der Waals surface area contributed by atoms with E-state index in [9.17, 15) is 24.6 Å². The van der Waals surface area contributed by atoms with Gasteiger partial charge in [0.1, 0.15) is 43.7 Å². The number of ether oxygens (including phenoxy) is 13. The van der Waals surface area contributed by atoms with Crippen LogP contribution in [0.2, 0.25) is 0 Å².